The second kappa shape index (κ2) is 5.94. The Morgan fingerprint density at radius 2 is 2.00 bits per heavy atom. The minimum Gasteiger partial charge on any atom is -0.406 e. The molecule has 0 saturated carbocycles. The van der Waals surface area contributed by atoms with Crippen molar-refractivity contribution in [2.45, 2.75) is 45.4 Å². The van der Waals surface area contributed by atoms with Crippen LogP contribution in [0.25, 0.3) is 0 Å². The van der Waals surface area contributed by atoms with E-state index >= 15 is 0 Å². The van der Waals surface area contributed by atoms with Crippen molar-refractivity contribution in [1.29, 1.82) is 0 Å². The van der Waals surface area contributed by atoms with Crippen molar-refractivity contribution in [3.8, 4) is 5.75 Å². The van der Waals surface area contributed by atoms with Crippen LogP contribution in [0.15, 0.2) is 24.3 Å². The van der Waals surface area contributed by atoms with Gasteiger partial charge in [0.1, 0.15) is 5.75 Å². The van der Waals surface area contributed by atoms with Gasteiger partial charge in [0.2, 0.25) is 0 Å². The van der Waals surface area contributed by atoms with Gasteiger partial charge < -0.3 is 4.74 Å². The highest BCUT2D eigenvalue weighted by Gasteiger charge is 2.31. The minimum atomic E-state index is -4.62. The van der Waals surface area contributed by atoms with Gasteiger partial charge in [-0.3, -0.25) is 0 Å². The molecule has 0 aromatic heterocycles. The number of hydrogen-bond acceptors (Lipinski definition) is 1. The average Bonchev–Trinajstić information content (AvgIpc) is 2.24. The lowest BCUT2D eigenvalue weighted by Crippen LogP contribution is -2.17. The lowest BCUT2D eigenvalue weighted by atomic mass is 9.95. The van der Waals surface area contributed by atoms with Crippen LogP contribution in [-0.4, -0.2) is 6.36 Å². The number of unbranched alkanes of at least 4 members (excludes halogenated alkanes) is 1. The topological polar surface area (TPSA) is 9.23 Å². The van der Waals surface area contributed by atoms with Crippen molar-refractivity contribution in [1.82, 2.24) is 0 Å². The third kappa shape index (κ3) is 5.11. The van der Waals surface area contributed by atoms with Gasteiger partial charge in [-0.05, 0) is 30.0 Å². The van der Waals surface area contributed by atoms with Gasteiger partial charge >= 0.3 is 6.36 Å². The van der Waals surface area contributed by atoms with Crippen LogP contribution >= 0.6 is 0 Å². The first kappa shape index (κ1) is 13.9. The molecule has 0 saturated heterocycles. The fourth-order valence-corrected chi connectivity index (χ4v) is 1.70. The summed E-state index contributed by atoms with van der Waals surface area (Å²) in [5.74, 6) is 0.116. The van der Waals surface area contributed by atoms with Crippen molar-refractivity contribution < 1.29 is 17.9 Å². The molecule has 1 rings (SSSR count). The van der Waals surface area contributed by atoms with E-state index < -0.39 is 6.36 Å². The highest BCUT2D eigenvalue weighted by atomic mass is 19.4. The second-order valence-electron chi connectivity index (χ2n) is 4.16. The molecular formula is C13H17F3O. The Labute approximate surface area is 99.6 Å². The molecule has 0 heterocycles. The molecule has 1 unspecified atom stereocenters. The van der Waals surface area contributed by atoms with Gasteiger partial charge in [-0.2, -0.15) is 0 Å². The molecule has 0 aliphatic heterocycles. The molecule has 1 nitrogen and oxygen atoms in total. The summed E-state index contributed by atoms with van der Waals surface area (Å²) >= 11 is 0. The smallest absolute Gasteiger partial charge is 0.406 e. The van der Waals surface area contributed by atoms with Gasteiger partial charge in [-0.25, -0.2) is 0 Å². The second-order valence-corrected chi connectivity index (χ2v) is 4.16. The summed E-state index contributed by atoms with van der Waals surface area (Å²) in [5.41, 5.74) is 0.889. The number of alkyl halides is 3. The van der Waals surface area contributed by atoms with E-state index in [2.05, 4.69) is 11.7 Å². The van der Waals surface area contributed by atoms with E-state index in [1.54, 1.807) is 6.07 Å². The molecule has 17 heavy (non-hydrogen) atoms. The molecule has 0 spiro atoms. The molecule has 0 N–H and O–H groups in total. The standard InChI is InChI=1S/C13H17F3O/c1-3-4-6-10(2)11-7-5-8-12(9-11)17-13(14,15)16/h5,7-10H,3-4,6H2,1-2H3. The third-order valence-corrected chi connectivity index (χ3v) is 2.65. The van der Waals surface area contributed by atoms with E-state index in [0.717, 1.165) is 24.8 Å². The maximum atomic E-state index is 12.1. The Morgan fingerprint density at radius 3 is 2.59 bits per heavy atom. The molecule has 0 radical (unpaired) electrons. The van der Waals surface area contributed by atoms with E-state index in [4.69, 9.17) is 0 Å². The first-order valence-corrected chi connectivity index (χ1v) is 5.78. The summed E-state index contributed by atoms with van der Waals surface area (Å²) in [6.07, 6.45) is -1.48. The van der Waals surface area contributed by atoms with Gasteiger partial charge in [0, 0.05) is 0 Å². The van der Waals surface area contributed by atoms with Crippen molar-refractivity contribution >= 4 is 0 Å². The van der Waals surface area contributed by atoms with Gasteiger partial charge in [0.15, 0.2) is 0 Å². The Hall–Kier alpha value is -1.19. The number of benzene rings is 1. The van der Waals surface area contributed by atoms with Crippen molar-refractivity contribution in [2.24, 2.45) is 0 Å². The first-order chi connectivity index (χ1) is 7.92. The maximum Gasteiger partial charge on any atom is 0.573 e. The molecule has 0 aliphatic carbocycles. The molecule has 1 aromatic rings. The number of rotatable bonds is 5. The van der Waals surface area contributed by atoms with Gasteiger partial charge in [-0.1, -0.05) is 38.8 Å². The minimum absolute atomic E-state index is 0.140. The SMILES string of the molecule is CCCCC(C)c1cccc(OC(F)(F)F)c1. The zero-order valence-electron chi connectivity index (χ0n) is 10.1. The van der Waals surface area contributed by atoms with Gasteiger partial charge in [0.25, 0.3) is 0 Å². The molecular weight excluding hydrogens is 229 g/mol. The quantitative estimate of drug-likeness (QED) is 0.719. The van der Waals surface area contributed by atoms with E-state index in [-0.39, 0.29) is 11.7 Å². The van der Waals surface area contributed by atoms with Crippen LogP contribution in [0.2, 0.25) is 0 Å². The van der Waals surface area contributed by atoms with Crippen LogP contribution in [0, 0.1) is 0 Å². The molecule has 0 amide bonds. The summed E-state index contributed by atoms with van der Waals surface area (Å²) in [6, 6.07) is 6.22. The van der Waals surface area contributed by atoms with Crippen LogP contribution in [-0.2, 0) is 0 Å². The summed E-state index contributed by atoms with van der Waals surface area (Å²) in [6.45, 7) is 4.11. The monoisotopic (exact) mass is 246 g/mol. The van der Waals surface area contributed by atoms with E-state index in [0.29, 0.717) is 0 Å². The van der Waals surface area contributed by atoms with Crippen LogP contribution < -0.4 is 4.74 Å². The zero-order valence-corrected chi connectivity index (χ0v) is 10.1. The van der Waals surface area contributed by atoms with Gasteiger partial charge in [-0.15, -0.1) is 13.2 Å². The zero-order chi connectivity index (χ0) is 12.9. The number of hydrogen-bond donors (Lipinski definition) is 0. The predicted molar refractivity (Wildman–Crippen MR) is 61.1 cm³/mol. The van der Waals surface area contributed by atoms with Crippen molar-refractivity contribution in [3.63, 3.8) is 0 Å². The van der Waals surface area contributed by atoms with E-state index in [9.17, 15) is 13.2 Å². The molecule has 1 atom stereocenters. The fourth-order valence-electron chi connectivity index (χ4n) is 1.70. The molecule has 4 heteroatoms. The Balaban J connectivity index is 2.71. The molecule has 0 aliphatic rings. The Kier molecular flexibility index (Phi) is 4.85. The first-order valence-electron chi connectivity index (χ1n) is 5.78. The van der Waals surface area contributed by atoms with Crippen LogP contribution in [0.3, 0.4) is 0 Å². The van der Waals surface area contributed by atoms with Crippen LogP contribution in [0.1, 0.15) is 44.6 Å². The lowest BCUT2D eigenvalue weighted by Gasteiger charge is -2.14. The third-order valence-electron chi connectivity index (χ3n) is 2.65. The molecule has 1 aromatic carbocycles. The highest BCUT2D eigenvalue weighted by molar-refractivity contribution is 5.30. The highest BCUT2D eigenvalue weighted by Crippen LogP contribution is 2.28. The van der Waals surface area contributed by atoms with Crippen LogP contribution in [0.5, 0.6) is 5.75 Å². The van der Waals surface area contributed by atoms with Crippen molar-refractivity contribution in [2.75, 3.05) is 0 Å². The summed E-state index contributed by atoms with van der Waals surface area (Å²) < 4.78 is 40.1. The molecule has 0 fully saturated rings. The van der Waals surface area contributed by atoms with E-state index in [1.807, 2.05) is 13.0 Å². The summed E-state index contributed by atoms with van der Waals surface area (Å²) in [4.78, 5) is 0. The normalized spacial score (nSPS) is 13.5. The van der Waals surface area contributed by atoms with E-state index in [1.165, 1.54) is 12.1 Å². The predicted octanol–water partition coefficient (Wildman–Crippen LogP) is 4.88. The Bertz CT molecular complexity index is 347. The fraction of sp³-hybridized carbons (Fsp3) is 0.538. The number of ether oxygens (including phenoxy) is 1. The summed E-state index contributed by atoms with van der Waals surface area (Å²) in [5, 5.41) is 0. The van der Waals surface area contributed by atoms with Crippen molar-refractivity contribution in [3.05, 3.63) is 29.8 Å². The Morgan fingerprint density at radius 1 is 1.29 bits per heavy atom. The largest absolute Gasteiger partial charge is 0.573 e. The average molecular weight is 246 g/mol. The summed E-state index contributed by atoms with van der Waals surface area (Å²) in [7, 11) is 0. The lowest BCUT2D eigenvalue weighted by molar-refractivity contribution is -0.274. The molecule has 96 valence electrons. The maximum absolute atomic E-state index is 12.1. The number of halogens is 3. The van der Waals surface area contributed by atoms with Crippen LogP contribution in [0.4, 0.5) is 13.2 Å². The van der Waals surface area contributed by atoms with Gasteiger partial charge in [0.05, 0.1) is 0 Å². The molecule has 0 bridgehead atoms.